The van der Waals surface area contributed by atoms with Gasteiger partial charge in [-0.3, -0.25) is 4.79 Å². The molecule has 4 nitrogen and oxygen atoms in total. The third-order valence-corrected chi connectivity index (χ3v) is 3.84. The van der Waals surface area contributed by atoms with Crippen LogP contribution >= 0.6 is 11.6 Å². The van der Waals surface area contributed by atoms with Crippen LogP contribution in [-0.2, 0) is 4.79 Å². The molecule has 5 heteroatoms. The maximum atomic E-state index is 12.1. The monoisotopic (exact) mass is 317 g/mol. The lowest BCUT2D eigenvalue weighted by molar-refractivity contribution is -0.118. The van der Waals surface area contributed by atoms with Crippen molar-refractivity contribution in [2.75, 3.05) is 11.9 Å². The first-order valence-corrected chi connectivity index (χ1v) is 7.44. The zero-order valence-corrected chi connectivity index (χ0v) is 12.9. The number of aryl methyl sites for hydroxylation is 1. The Kier molecular flexibility index (Phi) is 4.20. The van der Waals surface area contributed by atoms with Crippen molar-refractivity contribution in [2.45, 2.75) is 19.4 Å². The summed E-state index contributed by atoms with van der Waals surface area (Å²) in [6, 6.07) is 12.9. The highest BCUT2D eigenvalue weighted by Gasteiger charge is 2.23. The smallest absolute Gasteiger partial charge is 0.228 e. The van der Waals surface area contributed by atoms with Gasteiger partial charge in [-0.2, -0.15) is 0 Å². The van der Waals surface area contributed by atoms with Gasteiger partial charge in [0.2, 0.25) is 5.91 Å². The maximum Gasteiger partial charge on any atom is 0.228 e. The van der Waals surface area contributed by atoms with Crippen LogP contribution in [0, 0.1) is 6.92 Å². The lowest BCUT2D eigenvalue weighted by atomic mass is 10.2. The standard InChI is InChI=1S/C17H16ClNO3/c1-11-6-7-12(8-14(11)18)19-17(20)9-13-10-21-15-4-2-3-5-16(15)22-13/h2-8,13H,9-10H2,1H3,(H,19,20)/t13-/m1/s1. The number of ether oxygens (including phenoxy) is 2. The molecule has 114 valence electrons. The summed E-state index contributed by atoms with van der Waals surface area (Å²) >= 11 is 6.05. The molecule has 0 unspecified atom stereocenters. The van der Waals surface area contributed by atoms with Crippen molar-refractivity contribution in [1.29, 1.82) is 0 Å². The van der Waals surface area contributed by atoms with Gasteiger partial charge in [-0.05, 0) is 36.8 Å². The second kappa shape index (κ2) is 6.28. The minimum absolute atomic E-state index is 0.132. The zero-order chi connectivity index (χ0) is 15.5. The fourth-order valence-corrected chi connectivity index (χ4v) is 2.43. The second-order valence-electron chi connectivity index (χ2n) is 5.21. The summed E-state index contributed by atoms with van der Waals surface area (Å²) in [6.07, 6.45) is -0.0735. The van der Waals surface area contributed by atoms with Crippen LogP contribution in [0.2, 0.25) is 5.02 Å². The predicted molar refractivity (Wildman–Crippen MR) is 85.8 cm³/mol. The van der Waals surface area contributed by atoms with Gasteiger partial charge in [0.05, 0.1) is 6.42 Å². The third kappa shape index (κ3) is 3.34. The third-order valence-electron chi connectivity index (χ3n) is 3.44. The first-order valence-electron chi connectivity index (χ1n) is 7.06. The lowest BCUT2D eigenvalue weighted by Gasteiger charge is -2.26. The van der Waals surface area contributed by atoms with Crippen LogP contribution in [0.3, 0.4) is 0 Å². The first-order chi connectivity index (χ1) is 10.6. The number of nitrogens with one attached hydrogen (secondary N) is 1. The molecule has 1 N–H and O–H groups in total. The van der Waals surface area contributed by atoms with Crippen LogP contribution in [-0.4, -0.2) is 18.6 Å². The highest BCUT2D eigenvalue weighted by Crippen LogP contribution is 2.31. The molecule has 0 aliphatic carbocycles. The number of hydrogen-bond donors (Lipinski definition) is 1. The van der Waals surface area contributed by atoms with Crippen molar-refractivity contribution >= 4 is 23.2 Å². The molecule has 0 saturated carbocycles. The van der Waals surface area contributed by atoms with E-state index in [1.54, 1.807) is 6.07 Å². The molecule has 22 heavy (non-hydrogen) atoms. The molecule has 0 spiro atoms. The van der Waals surface area contributed by atoms with Crippen molar-refractivity contribution in [3.05, 3.63) is 53.1 Å². The van der Waals surface area contributed by atoms with E-state index < -0.39 is 0 Å². The molecule has 1 amide bonds. The van der Waals surface area contributed by atoms with Gasteiger partial charge < -0.3 is 14.8 Å². The van der Waals surface area contributed by atoms with Crippen LogP contribution in [0.15, 0.2) is 42.5 Å². The van der Waals surface area contributed by atoms with Gasteiger partial charge in [0, 0.05) is 10.7 Å². The SMILES string of the molecule is Cc1ccc(NC(=O)C[C@@H]2COc3ccccc3O2)cc1Cl. The van der Waals surface area contributed by atoms with Crippen molar-refractivity contribution in [3.63, 3.8) is 0 Å². The summed E-state index contributed by atoms with van der Waals surface area (Å²) in [5.41, 5.74) is 1.65. The molecule has 1 atom stereocenters. The number of anilines is 1. The molecule has 2 aromatic rings. The number of fused-ring (bicyclic) bond motifs is 1. The number of hydrogen-bond acceptors (Lipinski definition) is 3. The van der Waals surface area contributed by atoms with E-state index in [2.05, 4.69) is 5.32 Å². The van der Waals surface area contributed by atoms with Crippen LogP contribution < -0.4 is 14.8 Å². The zero-order valence-electron chi connectivity index (χ0n) is 12.1. The van der Waals surface area contributed by atoms with E-state index in [0.717, 1.165) is 5.56 Å². The molecular formula is C17H16ClNO3. The quantitative estimate of drug-likeness (QED) is 0.936. The van der Waals surface area contributed by atoms with Gasteiger partial charge in [-0.25, -0.2) is 0 Å². The molecule has 0 aromatic heterocycles. The number of carbonyl (C=O) groups excluding carboxylic acids is 1. The number of carbonyl (C=O) groups is 1. The van der Waals surface area contributed by atoms with E-state index in [-0.39, 0.29) is 18.4 Å². The van der Waals surface area contributed by atoms with E-state index in [4.69, 9.17) is 21.1 Å². The molecule has 0 bridgehead atoms. The Morgan fingerprint density at radius 2 is 2.05 bits per heavy atom. The number of halogens is 1. The molecule has 1 aliphatic rings. The molecule has 3 rings (SSSR count). The highest BCUT2D eigenvalue weighted by molar-refractivity contribution is 6.31. The Bertz CT molecular complexity index is 702. The second-order valence-corrected chi connectivity index (χ2v) is 5.62. The average Bonchev–Trinajstić information content (AvgIpc) is 2.51. The molecule has 1 heterocycles. The molecule has 0 saturated heterocycles. The predicted octanol–water partition coefficient (Wildman–Crippen LogP) is 3.82. The fraction of sp³-hybridized carbons (Fsp3) is 0.235. The van der Waals surface area contributed by atoms with Gasteiger partial charge in [-0.15, -0.1) is 0 Å². The molecule has 0 radical (unpaired) electrons. The Hall–Kier alpha value is -2.20. The molecule has 1 aliphatic heterocycles. The number of rotatable bonds is 3. The van der Waals surface area contributed by atoms with E-state index in [1.807, 2.05) is 43.3 Å². The number of para-hydroxylation sites is 2. The van der Waals surface area contributed by atoms with Gasteiger partial charge in [0.25, 0.3) is 0 Å². The van der Waals surface area contributed by atoms with Gasteiger partial charge in [0.15, 0.2) is 11.5 Å². The van der Waals surface area contributed by atoms with Gasteiger partial charge >= 0.3 is 0 Å². The average molecular weight is 318 g/mol. The van der Waals surface area contributed by atoms with Crippen molar-refractivity contribution in [2.24, 2.45) is 0 Å². The van der Waals surface area contributed by atoms with Gasteiger partial charge in [0.1, 0.15) is 12.7 Å². The normalized spacial score (nSPS) is 16.2. The molecule has 2 aromatic carbocycles. The summed E-state index contributed by atoms with van der Waals surface area (Å²) < 4.78 is 11.4. The van der Waals surface area contributed by atoms with Crippen molar-refractivity contribution in [1.82, 2.24) is 0 Å². The summed E-state index contributed by atoms with van der Waals surface area (Å²) in [4.78, 5) is 12.1. The van der Waals surface area contributed by atoms with E-state index in [9.17, 15) is 4.79 Å². The highest BCUT2D eigenvalue weighted by atomic mass is 35.5. The summed E-state index contributed by atoms with van der Waals surface area (Å²) in [5, 5.41) is 3.45. The largest absolute Gasteiger partial charge is 0.486 e. The first kappa shape index (κ1) is 14.7. The van der Waals surface area contributed by atoms with Crippen molar-refractivity contribution < 1.29 is 14.3 Å². The van der Waals surface area contributed by atoms with Gasteiger partial charge in [-0.1, -0.05) is 29.8 Å². The molecule has 0 fully saturated rings. The Morgan fingerprint density at radius 3 is 2.82 bits per heavy atom. The Morgan fingerprint density at radius 1 is 1.27 bits per heavy atom. The van der Waals surface area contributed by atoms with Crippen LogP contribution in [0.25, 0.3) is 0 Å². The van der Waals surface area contributed by atoms with E-state index >= 15 is 0 Å². The van der Waals surface area contributed by atoms with Crippen LogP contribution in [0.5, 0.6) is 11.5 Å². The minimum Gasteiger partial charge on any atom is -0.486 e. The summed E-state index contributed by atoms with van der Waals surface area (Å²) in [7, 11) is 0. The van der Waals surface area contributed by atoms with E-state index in [0.29, 0.717) is 28.8 Å². The van der Waals surface area contributed by atoms with Crippen LogP contribution in [0.1, 0.15) is 12.0 Å². The maximum absolute atomic E-state index is 12.1. The number of benzene rings is 2. The lowest BCUT2D eigenvalue weighted by Crippen LogP contribution is -2.33. The van der Waals surface area contributed by atoms with Crippen molar-refractivity contribution in [3.8, 4) is 11.5 Å². The summed E-state index contributed by atoms with van der Waals surface area (Å²) in [6.45, 7) is 2.28. The fourth-order valence-electron chi connectivity index (χ4n) is 2.25. The van der Waals surface area contributed by atoms with E-state index in [1.165, 1.54) is 0 Å². The molecular weight excluding hydrogens is 302 g/mol. The Balaban J connectivity index is 1.59. The Labute approximate surface area is 134 Å². The van der Waals surface area contributed by atoms with Crippen LogP contribution in [0.4, 0.5) is 5.69 Å². The summed E-state index contributed by atoms with van der Waals surface area (Å²) in [5.74, 6) is 1.25. The minimum atomic E-state index is -0.296. The number of amides is 1. The topological polar surface area (TPSA) is 47.6 Å².